The topological polar surface area (TPSA) is 137 Å². The highest BCUT2D eigenvalue weighted by molar-refractivity contribution is 7.93. The van der Waals surface area contributed by atoms with Crippen LogP contribution in [0, 0.1) is 11.8 Å². The lowest BCUT2D eigenvalue weighted by Gasteiger charge is -2.13. The fraction of sp³-hybridized carbons (Fsp3) is 0.121. The van der Waals surface area contributed by atoms with E-state index >= 15 is 0 Å². The van der Waals surface area contributed by atoms with Gasteiger partial charge in [0.2, 0.25) is 0 Å². The van der Waals surface area contributed by atoms with Crippen LogP contribution >= 0.6 is 0 Å². The van der Waals surface area contributed by atoms with Crippen molar-refractivity contribution >= 4 is 32.6 Å². The third kappa shape index (κ3) is 7.69. The third-order valence-corrected chi connectivity index (χ3v) is 7.60. The first kappa shape index (κ1) is 30.0. The number of pyridine rings is 2. The second-order valence-electron chi connectivity index (χ2n) is 9.22. The first-order valence-electron chi connectivity index (χ1n) is 13.5. The molecule has 0 fully saturated rings. The average molecular weight is 610 g/mol. The predicted molar refractivity (Wildman–Crippen MR) is 164 cm³/mol. The van der Waals surface area contributed by atoms with E-state index < -0.39 is 16.0 Å². The standard InChI is InChI=1S/C33H27N3O7S/c37-33(38)29-16-14-24(23-35-29)13-15-25-7-4-5-11-28(25)36-44(39,40)31-12-6-10-27-30(17-18-34-32(27)31)43-22-20-41-19-21-42-26-8-2-1-3-9-26/h1-12,14,16-18,23,36H,19-22H2,(H,37,38). The fourth-order valence-electron chi connectivity index (χ4n) is 4.13. The summed E-state index contributed by atoms with van der Waals surface area (Å²) in [6, 6.07) is 25.6. The van der Waals surface area contributed by atoms with E-state index in [0.717, 1.165) is 5.75 Å². The number of nitrogens with one attached hydrogen (secondary N) is 1. The lowest BCUT2D eigenvalue weighted by atomic mass is 10.1. The molecule has 0 spiro atoms. The Morgan fingerprint density at radius 3 is 2.34 bits per heavy atom. The molecule has 0 bridgehead atoms. The van der Waals surface area contributed by atoms with Crippen molar-refractivity contribution in [2.45, 2.75) is 4.90 Å². The molecule has 2 aromatic heterocycles. The van der Waals surface area contributed by atoms with Crippen LogP contribution in [-0.2, 0) is 14.8 Å². The van der Waals surface area contributed by atoms with Crippen LogP contribution in [-0.4, -0.2) is 55.9 Å². The highest BCUT2D eigenvalue weighted by atomic mass is 32.2. The second-order valence-corrected chi connectivity index (χ2v) is 10.9. The lowest BCUT2D eigenvalue weighted by Crippen LogP contribution is -2.15. The van der Waals surface area contributed by atoms with E-state index in [-0.39, 0.29) is 28.4 Å². The van der Waals surface area contributed by atoms with E-state index in [9.17, 15) is 13.2 Å². The molecule has 0 saturated carbocycles. The summed E-state index contributed by atoms with van der Waals surface area (Å²) >= 11 is 0. The molecule has 10 nitrogen and oxygen atoms in total. The van der Waals surface area contributed by atoms with Gasteiger partial charge < -0.3 is 19.3 Å². The Balaban J connectivity index is 1.26. The summed E-state index contributed by atoms with van der Waals surface area (Å²) in [7, 11) is -4.09. The molecule has 0 unspecified atom stereocenters. The summed E-state index contributed by atoms with van der Waals surface area (Å²) in [6.45, 7) is 1.37. The first-order chi connectivity index (χ1) is 21.4. The molecule has 2 N–H and O–H groups in total. The van der Waals surface area contributed by atoms with E-state index in [4.69, 9.17) is 19.3 Å². The average Bonchev–Trinajstić information content (AvgIpc) is 3.04. The van der Waals surface area contributed by atoms with E-state index in [2.05, 4.69) is 26.5 Å². The number of anilines is 1. The van der Waals surface area contributed by atoms with Crippen LogP contribution < -0.4 is 14.2 Å². The van der Waals surface area contributed by atoms with Crippen molar-refractivity contribution in [3.8, 4) is 23.3 Å². The molecule has 0 aliphatic rings. The van der Waals surface area contributed by atoms with Crippen molar-refractivity contribution in [3.05, 3.63) is 120 Å². The summed E-state index contributed by atoms with van der Waals surface area (Å²) in [4.78, 5) is 19.2. The molecule has 5 aromatic rings. The Kier molecular flexibility index (Phi) is 9.66. The Hall–Kier alpha value is -5.44. The minimum absolute atomic E-state index is 0.0222. The van der Waals surface area contributed by atoms with Gasteiger partial charge in [0, 0.05) is 28.9 Å². The third-order valence-electron chi connectivity index (χ3n) is 6.20. The Bertz CT molecular complexity index is 1920. The van der Waals surface area contributed by atoms with Crippen LogP contribution in [0.15, 0.2) is 108 Å². The maximum absolute atomic E-state index is 13.6. The number of carboxylic acids is 1. The van der Waals surface area contributed by atoms with Crippen LogP contribution in [0.5, 0.6) is 11.5 Å². The van der Waals surface area contributed by atoms with Crippen molar-refractivity contribution < 1.29 is 32.5 Å². The number of aromatic nitrogens is 2. The largest absolute Gasteiger partial charge is 0.491 e. The molecule has 0 saturated heterocycles. The van der Waals surface area contributed by atoms with Gasteiger partial charge in [-0.25, -0.2) is 18.2 Å². The van der Waals surface area contributed by atoms with Crippen molar-refractivity contribution in [1.82, 2.24) is 9.97 Å². The molecule has 5 rings (SSSR count). The number of rotatable bonds is 12. The summed E-state index contributed by atoms with van der Waals surface area (Å²) in [5.74, 6) is 5.93. The molecule has 44 heavy (non-hydrogen) atoms. The molecule has 222 valence electrons. The fourth-order valence-corrected chi connectivity index (χ4v) is 5.38. The number of nitrogens with zero attached hydrogens (tertiary/aromatic N) is 2. The minimum Gasteiger partial charge on any atom is -0.491 e. The van der Waals surface area contributed by atoms with E-state index in [1.165, 1.54) is 30.6 Å². The molecule has 0 amide bonds. The molecular formula is C33H27N3O7S. The molecule has 2 heterocycles. The highest BCUT2D eigenvalue weighted by Gasteiger charge is 2.21. The van der Waals surface area contributed by atoms with Gasteiger partial charge in [-0.1, -0.05) is 48.2 Å². The van der Waals surface area contributed by atoms with Gasteiger partial charge in [-0.05, 0) is 54.6 Å². The number of aromatic carboxylic acids is 1. The van der Waals surface area contributed by atoms with Crippen LogP contribution in [0.25, 0.3) is 10.9 Å². The Morgan fingerprint density at radius 2 is 1.57 bits per heavy atom. The van der Waals surface area contributed by atoms with Crippen LogP contribution in [0.3, 0.4) is 0 Å². The number of fused-ring (bicyclic) bond motifs is 1. The number of hydrogen-bond acceptors (Lipinski definition) is 8. The van der Waals surface area contributed by atoms with Crippen LogP contribution in [0.4, 0.5) is 5.69 Å². The minimum atomic E-state index is -4.09. The van der Waals surface area contributed by atoms with Gasteiger partial charge in [0.25, 0.3) is 10.0 Å². The molecule has 11 heteroatoms. The zero-order chi connectivity index (χ0) is 30.8. The second kappa shape index (κ2) is 14.2. The summed E-state index contributed by atoms with van der Waals surface area (Å²) < 4.78 is 46.9. The zero-order valence-corrected chi connectivity index (χ0v) is 24.2. The summed E-state index contributed by atoms with van der Waals surface area (Å²) in [6.07, 6.45) is 2.84. The van der Waals surface area contributed by atoms with E-state index in [1.54, 1.807) is 42.5 Å². The van der Waals surface area contributed by atoms with Gasteiger partial charge in [0.05, 0.1) is 24.4 Å². The number of carboxylic acid groups (broad SMARTS) is 1. The molecule has 0 aliphatic carbocycles. The zero-order valence-electron chi connectivity index (χ0n) is 23.3. The van der Waals surface area contributed by atoms with Crippen molar-refractivity contribution in [2.75, 3.05) is 31.1 Å². The normalized spacial score (nSPS) is 10.9. The molecule has 0 radical (unpaired) electrons. The summed E-state index contributed by atoms with van der Waals surface area (Å²) in [5, 5.41) is 9.56. The van der Waals surface area contributed by atoms with Gasteiger partial charge in [-0.3, -0.25) is 9.71 Å². The van der Waals surface area contributed by atoms with Crippen molar-refractivity contribution in [1.29, 1.82) is 0 Å². The number of para-hydroxylation sites is 3. The maximum atomic E-state index is 13.6. The molecular weight excluding hydrogens is 582 g/mol. The van der Waals surface area contributed by atoms with E-state index in [0.29, 0.717) is 42.1 Å². The molecule has 3 aromatic carbocycles. The number of hydrogen-bond donors (Lipinski definition) is 2. The highest BCUT2D eigenvalue weighted by Crippen LogP contribution is 2.30. The molecule has 0 aliphatic heterocycles. The van der Waals surface area contributed by atoms with Gasteiger partial charge in [0.15, 0.2) is 0 Å². The van der Waals surface area contributed by atoms with Crippen molar-refractivity contribution in [3.63, 3.8) is 0 Å². The monoisotopic (exact) mass is 609 g/mol. The van der Waals surface area contributed by atoms with Crippen molar-refractivity contribution in [2.24, 2.45) is 0 Å². The maximum Gasteiger partial charge on any atom is 0.354 e. The Morgan fingerprint density at radius 1 is 0.795 bits per heavy atom. The van der Waals surface area contributed by atoms with Gasteiger partial charge in [-0.15, -0.1) is 0 Å². The lowest BCUT2D eigenvalue weighted by molar-refractivity contribution is 0.0690. The number of carbonyl (C=O) groups is 1. The number of ether oxygens (including phenoxy) is 3. The molecule has 0 atom stereocenters. The first-order valence-corrected chi connectivity index (χ1v) is 15.0. The quantitative estimate of drug-likeness (QED) is 0.148. The predicted octanol–water partition coefficient (Wildman–Crippen LogP) is 5.00. The number of sulfonamides is 1. The van der Waals surface area contributed by atoms with E-state index in [1.807, 2.05) is 30.3 Å². The van der Waals surface area contributed by atoms with Crippen LogP contribution in [0.2, 0.25) is 0 Å². The van der Waals surface area contributed by atoms with Gasteiger partial charge in [-0.2, -0.15) is 0 Å². The summed E-state index contributed by atoms with van der Waals surface area (Å²) in [5.41, 5.74) is 1.32. The SMILES string of the molecule is O=C(O)c1ccc(C#Cc2ccccc2NS(=O)(=O)c2cccc3c(OCCOCCOc4ccccc4)ccnc23)cn1. The van der Waals surface area contributed by atoms with Crippen LogP contribution in [0.1, 0.15) is 21.6 Å². The van der Waals surface area contributed by atoms with Gasteiger partial charge in [0.1, 0.15) is 35.3 Å². The Labute approximate surface area is 254 Å². The number of benzene rings is 3. The smallest absolute Gasteiger partial charge is 0.354 e. The van der Waals surface area contributed by atoms with Gasteiger partial charge >= 0.3 is 5.97 Å².